The van der Waals surface area contributed by atoms with Gasteiger partial charge in [-0.2, -0.15) is 0 Å². The molecule has 2 amide bonds. The molecule has 0 spiro atoms. The van der Waals surface area contributed by atoms with Gasteiger partial charge in [-0.1, -0.05) is 39.0 Å². The van der Waals surface area contributed by atoms with Crippen LogP contribution in [0.4, 0.5) is 11.4 Å². The molecular weight excluding hydrogens is 362 g/mol. The molecule has 2 heterocycles. The van der Waals surface area contributed by atoms with E-state index < -0.39 is 0 Å². The maximum Gasteiger partial charge on any atom is 0.256 e. The fourth-order valence-corrected chi connectivity index (χ4v) is 4.40. The van der Waals surface area contributed by atoms with Crippen molar-refractivity contribution in [2.45, 2.75) is 77.6 Å². The summed E-state index contributed by atoms with van der Waals surface area (Å²) in [6.45, 7) is 5.90. The van der Waals surface area contributed by atoms with Crippen molar-refractivity contribution in [3.63, 3.8) is 0 Å². The lowest BCUT2D eigenvalue weighted by atomic mass is 10.1. The van der Waals surface area contributed by atoms with Crippen molar-refractivity contribution >= 4 is 23.2 Å². The van der Waals surface area contributed by atoms with Crippen LogP contribution in [0.5, 0.6) is 0 Å². The number of nitrogens with one attached hydrogen (secondary N) is 1. The van der Waals surface area contributed by atoms with Gasteiger partial charge in [-0.3, -0.25) is 9.59 Å². The Hall–Kier alpha value is -2.04. The molecule has 3 rings (SSSR count). The molecule has 0 unspecified atom stereocenters. The van der Waals surface area contributed by atoms with Gasteiger partial charge in [-0.25, -0.2) is 0 Å². The monoisotopic (exact) mass is 399 g/mol. The summed E-state index contributed by atoms with van der Waals surface area (Å²) < 4.78 is 0. The number of hydrogen-bond donors (Lipinski definition) is 1. The van der Waals surface area contributed by atoms with Crippen molar-refractivity contribution < 1.29 is 9.59 Å². The minimum atomic E-state index is 0.0500. The van der Waals surface area contributed by atoms with Gasteiger partial charge >= 0.3 is 0 Å². The van der Waals surface area contributed by atoms with E-state index in [1.807, 2.05) is 23.1 Å². The van der Waals surface area contributed by atoms with Crippen LogP contribution in [-0.2, 0) is 4.79 Å². The zero-order valence-corrected chi connectivity index (χ0v) is 18.0. The van der Waals surface area contributed by atoms with Crippen molar-refractivity contribution in [3.05, 3.63) is 23.8 Å². The van der Waals surface area contributed by atoms with Gasteiger partial charge in [0, 0.05) is 44.0 Å². The Morgan fingerprint density at radius 1 is 0.897 bits per heavy atom. The molecule has 0 saturated carbocycles. The van der Waals surface area contributed by atoms with Crippen LogP contribution in [0.3, 0.4) is 0 Å². The number of nitrogens with zero attached hydrogens (tertiary/aromatic N) is 2. The maximum atomic E-state index is 13.1. The Labute approximate surface area is 175 Å². The summed E-state index contributed by atoms with van der Waals surface area (Å²) in [4.78, 5) is 29.8. The van der Waals surface area contributed by atoms with E-state index in [0.717, 1.165) is 68.8 Å². The Morgan fingerprint density at radius 3 is 2.28 bits per heavy atom. The minimum Gasteiger partial charge on any atom is -0.371 e. The predicted molar refractivity (Wildman–Crippen MR) is 120 cm³/mol. The second-order valence-electron chi connectivity index (χ2n) is 8.49. The van der Waals surface area contributed by atoms with Crippen molar-refractivity contribution in [2.24, 2.45) is 0 Å². The lowest BCUT2D eigenvalue weighted by Crippen LogP contribution is -2.30. The third-order valence-corrected chi connectivity index (χ3v) is 6.11. The van der Waals surface area contributed by atoms with Gasteiger partial charge in [-0.05, 0) is 50.3 Å². The van der Waals surface area contributed by atoms with Crippen LogP contribution >= 0.6 is 0 Å². The number of hydrogen-bond acceptors (Lipinski definition) is 3. The molecule has 0 aromatic heterocycles. The first-order valence-electron chi connectivity index (χ1n) is 11.7. The zero-order valence-electron chi connectivity index (χ0n) is 18.0. The first kappa shape index (κ1) is 21.7. The highest BCUT2D eigenvalue weighted by molar-refractivity contribution is 6.02. The Kier molecular flexibility index (Phi) is 8.38. The molecule has 2 aliphatic heterocycles. The molecule has 160 valence electrons. The summed E-state index contributed by atoms with van der Waals surface area (Å²) in [5.41, 5.74) is 2.51. The van der Waals surface area contributed by atoms with E-state index in [-0.39, 0.29) is 11.8 Å². The van der Waals surface area contributed by atoms with Crippen molar-refractivity contribution in [3.8, 4) is 0 Å². The van der Waals surface area contributed by atoms with Crippen LogP contribution in [0.2, 0.25) is 0 Å². The van der Waals surface area contributed by atoms with E-state index in [1.165, 1.54) is 38.5 Å². The van der Waals surface area contributed by atoms with Crippen LogP contribution < -0.4 is 10.2 Å². The summed E-state index contributed by atoms with van der Waals surface area (Å²) in [5.74, 6) is 0.158. The molecule has 0 aliphatic carbocycles. The molecular formula is C24H37N3O2. The van der Waals surface area contributed by atoms with E-state index >= 15 is 0 Å². The van der Waals surface area contributed by atoms with Crippen LogP contribution in [-0.4, -0.2) is 42.9 Å². The second kappa shape index (κ2) is 11.2. The number of likely N-dealkylation sites (tertiary alicyclic amines) is 1. The molecule has 0 radical (unpaired) electrons. The number of benzene rings is 1. The third kappa shape index (κ3) is 6.22. The average Bonchev–Trinajstić information content (AvgIpc) is 3.44. The molecule has 0 atom stereocenters. The standard InChI is InChI=1S/C24H37N3O2/c1-2-3-4-5-6-7-12-23(28)25-20-13-14-22(26-15-8-9-16-26)21(19-20)24(29)27-17-10-11-18-27/h13-14,19H,2-12,15-18H2,1H3,(H,25,28). The van der Waals surface area contributed by atoms with Crippen LogP contribution in [0, 0.1) is 0 Å². The quantitative estimate of drug-likeness (QED) is 0.549. The highest BCUT2D eigenvalue weighted by Gasteiger charge is 2.25. The number of carbonyl (C=O) groups excluding carboxylic acids is 2. The summed E-state index contributed by atoms with van der Waals surface area (Å²) in [5, 5.41) is 3.02. The molecule has 2 saturated heterocycles. The molecule has 1 aromatic rings. The molecule has 2 fully saturated rings. The van der Waals surface area contributed by atoms with E-state index in [2.05, 4.69) is 17.1 Å². The normalized spacial score (nSPS) is 16.4. The molecule has 1 N–H and O–H groups in total. The van der Waals surface area contributed by atoms with Gasteiger partial charge in [0.15, 0.2) is 0 Å². The predicted octanol–water partition coefficient (Wildman–Crippen LogP) is 5.21. The van der Waals surface area contributed by atoms with Gasteiger partial charge in [0.05, 0.1) is 5.56 Å². The van der Waals surface area contributed by atoms with E-state index in [0.29, 0.717) is 6.42 Å². The Morgan fingerprint density at radius 2 is 1.55 bits per heavy atom. The fourth-order valence-electron chi connectivity index (χ4n) is 4.40. The highest BCUT2D eigenvalue weighted by Crippen LogP contribution is 2.29. The van der Waals surface area contributed by atoms with Crippen molar-refractivity contribution in [1.29, 1.82) is 0 Å². The summed E-state index contributed by atoms with van der Waals surface area (Å²) in [7, 11) is 0. The molecule has 1 aromatic carbocycles. The Balaban J connectivity index is 1.62. The average molecular weight is 400 g/mol. The number of rotatable bonds is 10. The molecule has 5 nitrogen and oxygen atoms in total. The minimum absolute atomic E-state index is 0.0500. The second-order valence-corrected chi connectivity index (χ2v) is 8.49. The first-order chi connectivity index (χ1) is 14.2. The number of amides is 2. The van der Waals surface area contributed by atoms with Gasteiger partial charge in [0.1, 0.15) is 0 Å². The van der Waals surface area contributed by atoms with E-state index in [4.69, 9.17) is 0 Å². The SMILES string of the molecule is CCCCCCCCC(=O)Nc1ccc(N2CCCC2)c(C(=O)N2CCCC2)c1. The molecule has 29 heavy (non-hydrogen) atoms. The fraction of sp³-hybridized carbons (Fsp3) is 0.667. The van der Waals surface area contributed by atoms with Gasteiger partial charge < -0.3 is 15.1 Å². The number of unbranched alkanes of at least 4 members (excludes halogenated alkanes) is 5. The zero-order chi connectivity index (χ0) is 20.5. The third-order valence-electron chi connectivity index (χ3n) is 6.11. The summed E-state index contributed by atoms with van der Waals surface area (Å²) in [6.07, 6.45) is 12.1. The smallest absolute Gasteiger partial charge is 0.256 e. The summed E-state index contributed by atoms with van der Waals surface area (Å²) in [6, 6.07) is 5.87. The number of anilines is 2. The summed E-state index contributed by atoms with van der Waals surface area (Å²) >= 11 is 0. The van der Waals surface area contributed by atoms with E-state index in [1.54, 1.807) is 0 Å². The van der Waals surface area contributed by atoms with Crippen LogP contribution in [0.1, 0.15) is 87.9 Å². The lowest BCUT2D eigenvalue weighted by molar-refractivity contribution is -0.116. The number of carbonyl (C=O) groups is 2. The topological polar surface area (TPSA) is 52.7 Å². The highest BCUT2D eigenvalue weighted by atomic mass is 16.2. The Bertz CT molecular complexity index is 677. The van der Waals surface area contributed by atoms with Crippen LogP contribution in [0.25, 0.3) is 0 Å². The van der Waals surface area contributed by atoms with Gasteiger partial charge in [0.25, 0.3) is 5.91 Å². The lowest BCUT2D eigenvalue weighted by Gasteiger charge is -2.24. The van der Waals surface area contributed by atoms with E-state index in [9.17, 15) is 9.59 Å². The molecule has 0 bridgehead atoms. The maximum absolute atomic E-state index is 13.1. The first-order valence-corrected chi connectivity index (χ1v) is 11.7. The van der Waals surface area contributed by atoms with Crippen LogP contribution in [0.15, 0.2) is 18.2 Å². The largest absolute Gasteiger partial charge is 0.371 e. The van der Waals surface area contributed by atoms with Gasteiger partial charge in [-0.15, -0.1) is 0 Å². The van der Waals surface area contributed by atoms with Crippen molar-refractivity contribution in [1.82, 2.24) is 4.90 Å². The molecule has 5 heteroatoms. The van der Waals surface area contributed by atoms with Crippen molar-refractivity contribution in [2.75, 3.05) is 36.4 Å². The van der Waals surface area contributed by atoms with Gasteiger partial charge in [0.2, 0.25) is 5.91 Å². The molecule has 2 aliphatic rings.